The first kappa shape index (κ1) is 32.6. The van der Waals surface area contributed by atoms with E-state index in [0.29, 0.717) is 15.5 Å². The zero-order chi connectivity index (χ0) is 36.4. The Labute approximate surface area is 320 Å². The van der Waals surface area contributed by atoms with E-state index in [0.717, 1.165) is 28.1 Å². The monoisotopic (exact) mass is 726 g/mol. The molecule has 8 aromatic rings. The Hall–Kier alpha value is -6.09. The van der Waals surface area contributed by atoms with E-state index >= 15 is 0 Å². The number of aromatic nitrogens is 2. The molecule has 0 atom stereocenters. The van der Waals surface area contributed by atoms with E-state index in [4.69, 9.17) is 9.97 Å². The maximum Gasteiger partial charge on any atom is 0.237 e. The lowest BCUT2D eigenvalue weighted by Gasteiger charge is -2.44. The van der Waals surface area contributed by atoms with E-state index in [1.165, 1.54) is 48.1 Å². The van der Waals surface area contributed by atoms with Gasteiger partial charge in [0.1, 0.15) is 9.52 Å². The van der Waals surface area contributed by atoms with Crippen molar-refractivity contribution < 1.29 is 0 Å². The van der Waals surface area contributed by atoms with Crippen LogP contribution in [0.4, 0.5) is 34.5 Å². The Bertz CT molecular complexity index is 2570. The molecule has 258 valence electrons. The van der Waals surface area contributed by atoms with Crippen molar-refractivity contribution in [2.75, 3.05) is 9.80 Å². The minimum absolute atomic E-state index is 0.0498. The van der Waals surface area contributed by atoms with Crippen LogP contribution in [0.1, 0.15) is 26.3 Å². The molecule has 3 heterocycles. The molecule has 0 saturated heterocycles. The second-order valence-electron chi connectivity index (χ2n) is 15.2. The largest absolute Gasteiger partial charge is 0.295 e. The van der Waals surface area contributed by atoms with Gasteiger partial charge in [0.25, 0.3) is 0 Å². The summed E-state index contributed by atoms with van der Waals surface area (Å²) >= 11 is 0. The molecular formula is C48H38N4Si2. The van der Waals surface area contributed by atoms with Crippen LogP contribution in [0, 0.1) is 0 Å². The molecule has 0 N–H and O–H groups in total. The average molecular weight is 727 g/mol. The van der Waals surface area contributed by atoms with Gasteiger partial charge in [-0.15, -0.1) is 0 Å². The van der Waals surface area contributed by atoms with Crippen molar-refractivity contribution in [1.29, 1.82) is 0 Å². The molecule has 2 aliphatic rings. The van der Waals surface area contributed by atoms with Gasteiger partial charge in [0, 0.05) is 28.1 Å². The summed E-state index contributed by atoms with van der Waals surface area (Å²) in [7, 11) is -2.22. The van der Waals surface area contributed by atoms with E-state index in [2.05, 4.69) is 206 Å². The third-order valence-corrected chi connectivity index (χ3v) is 17.3. The van der Waals surface area contributed by atoms with E-state index < -0.39 is 8.07 Å². The number of hydrogen-bond acceptors (Lipinski definition) is 4. The summed E-state index contributed by atoms with van der Waals surface area (Å²) < 4.78 is 0. The van der Waals surface area contributed by atoms with Crippen LogP contribution in [0.25, 0.3) is 10.9 Å². The van der Waals surface area contributed by atoms with Crippen molar-refractivity contribution in [2.24, 2.45) is 0 Å². The van der Waals surface area contributed by atoms with Gasteiger partial charge < -0.3 is 0 Å². The van der Waals surface area contributed by atoms with Gasteiger partial charge in [-0.05, 0) is 78.5 Å². The number of rotatable bonds is 4. The molecule has 4 nitrogen and oxygen atoms in total. The number of benzene rings is 7. The Morgan fingerprint density at radius 3 is 1.50 bits per heavy atom. The zero-order valence-electron chi connectivity index (χ0n) is 30.5. The second-order valence-corrected chi connectivity index (χ2v) is 20.2. The predicted molar refractivity (Wildman–Crippen MR) is 230 cm³/mol. The highest BCUT2D eigenvalue weighted by Gasteiger charge is 2.49. The van der Waals surface area contributed by atoms with E-state index in [-0.39, 0.29) is 5.41 Å². The summed E-state index contributed by atoms with van der Waals surface area (Å²) in [5.74, 6) is 1.55. The summed E-state index contributed by atoms with van der Waals surface area (Å²) in [5, 5.41) is 9.00. The fourth-order valence-corrected chi connectivity index (χ4v) is 14.9. The smallest absolute Gasteiger partial charge is 0.237 e. The van der Waals surface area contributed by atoms with Crippen LogP contribution in [0.3, 0.4) is 0 Å². The van der Waals surface area contributed by atoms with E-state index in [1.54, 1.807) is 0 Å². The molecule has 0 fully saturated rings. The first-order valence-electron chi connectivity index (χ1n) is 18.6. The Kier molecular flexibility index (Phi) is 7.54. The quantitative estimate of drug-likeness (QED) is 0.176. The van der Waals surface area contributed by atoms with Crippen LogP contribution < -0.4 is 40.9 Å². The molecule has 10 rings (SSSR count). The highest BCUT2D eigenvalue weighted by Crippen LogP contribution is 2.42. The maximum absolute atomic E-state index is 5.69. The zero-order valence-corrected chi connectivity index (χ0v) is 32.5. The van der Waals surface area contributed by atoms with Gasteiger partial charge in [0.05, 0.1) is 5.52 Å². The lowest BCUT2D eigenvalue weighted by molar-refractivity contribution is 0.591. The molecule has 7 aromatic carbocycles. The average Bonchev–Trinajstić information content (AvgIpc) is 3.21. The summed E-state index contributed by atoms with van der Waals surface area (Å²) in [6.45, 7) is 6.80. The van der Waals surface area contributed by atoms with Crippen LogP contribution >= 0.6 is 0 Å². The molecular weight excluding hydrogens is 689 g/mol. The number of anilines is 6. The van der Waals surface area contributed by atoms with Crippen molar-refractivity contribution in [3.63, 3.8) is 0 Å². The number of nitrogens with zero attached hydrogens (tertiary/aromatic N) is 4. The molecule has 0 spiro atoms. The molecule has 0 aliphatic carbocycles. The third-order valence-electron chi connectivity index (χ3n) is 11.0. The van der Waals surface area contributed by atoms with Gasteiger partial charge in [-0.3, -0.25) is 9.80 Å². The second kappa shape index (κ2) is 12.5. The van der Waals surface area contributed by atoms with Crippen LogP contribution in [0.2, 0.25) is 0 Å². The molecule has 0 bridgehead atoms. The minimum atomic E-state index is -2.79. The lowest BCUT2D eigenvalue weighted by Crippen LogP contribution is -2.77. The Balaban J connectivity index is 1.30. The van der Waals surface area contributed by atoms with Gasteiger partial charge in [0.15, 0.2) is 13.9 Å². The van der Waals surface area contributed by atoms with Crippen molar-refractivity contribution in [3.05, 3.63) is 181 Å². The highest BCUT2D eigenvalue weighted by atomic mass is 28.3. The predicted octanol–water partition coefficient (Wildman–Crippen LogP) is 7.53. The van der Waals surface area contributed by atoms with Crippen molar-refractivity contribution in [1.82, 2.24) is 9.97 Å². The first-order chi connectivity index (χ1) is 26.4. The van der Waals surface area contributed by atoms with E-state index in [1.807, 2.05) is 0 Å². The third kappa shape index (κ3) is 4.94. The normalized spacial score (nSPS) is 14.2. The number of hydrogen-bond donors (Lipinski definition) is 0. The molecule has 2 radical (unpaired) electrons. The molecule has 0 unspecified atom stereocenters. The van der Waals surface area contributed by atoms with Gasteiger partial charge in [0.2, 0.25) is 5.95 Å². The number of fused-ring (bicyclic) bond motifs is 5. The summed E-state index contributed by atoms with van der Waals surface area (Å²) in [4.78, 5) is 15.9. The fourth-order valence-electron chi connectivity index (χ4n) is 8.52. The van der Waals surface area contributed by atoms with Gasteiger partial charge in [-0.25, -0.2) is 4.98 Å². The van der Waals surface area contributed by atoms with Gasteiger partial charge >= 0.3 is 0 Å². The van der Waals surface area contributed by atoms with Crippen LogP contribution in [-0.2, 0) is 5.41 Å². The summed E-state index contributed by atoms with van der Waals surface area (Å²) in [5.41, 5.74) is 6.69. The summed E-state index contributed by atoms with van der Waals surface area (Å²) in [6.07, 6.45) is 0. The van der Waals surface area contributed by atoms with Crippen molar-refractivity contribution >= 4 is 94.1 Å². The highest BCUT2D eigenvalue weighted by molar-refractivity contribution is 7.21. The fraction of sp³-hybridized carbons (Fsp3) is 0.0833. The van der Waals surface area contributed by atoms with Gasteiger partial charge in [-0.1, -0.05) is 160 Å². The van der Waals surface area contributed by atoms with E-state index in [9.17, 15) is 0 Å². The number of para-hydroxylation sites is 4. The SMILES string of the molecule is CC(C)(C)c1ccc2c(N3c4ccccc4[Si]c4ccccc43)nc(N3c4ccccc4[Si](c4ccccc4)(c4ccccc4)c4ccccc43)nc2c1. The van der Waals surface area contributed by atoms with Crippen molar-refractivity contribution in [2.45, 2.75) is 26.2 Å². The molecule has 0 amide bonds. The minimum Gasteiger partial charge on any atom is -0.295 e. The molecule has 54 heavy (non-hydrogen) atoms. The topological polar surface area (TPSA) is 32.3 Å². The lowest BCUT2D eigenvalue weighted by atomic mass is 9.86. The summed E-state index contributed by atoms with van der Waals surface area (Å²) in [6, 6.07) is 64.6. The Morgan fingerprint density at radius 1 is 0.481 bits per heavy atom. The van der Waals surface area contributed by atoms with Crippen LogP contribution in [0.5, 0.6) is 0 Å². The maximum atomic E-state index is 5.69. The Morgan fingerprint density at radius 2 is 0.963 bits per heavy atom. The van der Waals surface area contributed by atoms with Gasteiger partial charge in [-0.2, -0.15) is 4.98 Å². The molecule has 0 saturated carbocycles. The molecule has 2 aliphatic heterocycles. The molecule has 1 aromatic heterocycles. The first-order valence-corrected chi connectivity index (χ1v) is 21.6. The van der Waals surface area contributed by atoms with Crippen LogP contribution in [-0.4, -0.2) is 27.6 Å². The standard InChI is InChI=1S/C48H38N4Si2/c1-48(2,3)33-30-31-36-37(32-33)49-47(50-46(36)51-38-22-10-14-26-42(38)53-43-27-15-11-23-39(43)51)52-40-24-12-16-28-44(40)54(34-18-6-4-7-19-34,35-20-8-5-9-21-35)45-29-17-13-25-41(45)52/h4-32H,1-3H3. The van der Waals surface area contributed by atoms with Crippen molar-refractivity contribution in [3.8, 4) is 0 Å². The molecule has 6 heteroatoms. The van der Waals surface area contributed by atoms with Crippen LogP contribution in [0.15, 0.2) is 176 Å².